The number of hydrogen-bond donors (Lipinski definition) is 3. The zero-order valence-corrected chi connectivity index (χ0v) is 13.6. The lowest BCUT2D eigenvalue weighted by Crippen LogP contribution is -2.39. The summed E-state index contributed by atoms with van der Waals surface area (Å²) in [6.07, 6.45) is -4.52. The molecule has 0 saturated carbocycles. The summed E-state index contributed by atoms with van der Waals surface area (Å²) in [7, 11) is 0. The van der Waals surface area contributed by atoms with E-state index in [0.29, 0.717) is 18.4 Å². The van der Waals surface area contributed by atoms with E-state index in [-0.39, 0.29) is 16.8 Å². The second-order valence-electron chi connectivity index (χ2n) is 6.33. The first kappa shape index (κ1) is 18.0. The second kappa shape index (κ2) is 6.27. The molecular weight excluding hydrogens is 321 g/mol. The van der Waals surface area contributed by atoms with Crippen LogP contribution in [-0.4, -0.2) is 27.4 Å². The fraction of sp³-hybridized carbons (Fsp3) is 0.375. The lowest BCUT2D eigenvalue weighted by Gasteiger charge is -2.19. The fourth-order valence-corrected chi connectivity index (χ4v) is 2.14. The number of nitrogens with two attached hydrogens (primary N) is 1. The van der Waals surface area contributed by atoms with Gasteiger partial charge in [0.1, 0.15) is 11.6 Å². The van der Waals surface area contributed by atoms with Crippen LogP contribution in [0.1, 0.15) is 25.0 Å². The van der Waals surface area contributed by atoms with E-state index in [2.05, 4.69) is 15.5 Å². The van der Waals surface area contributed by atoms with Crippen molar-refractivity contribution in [1.82, 2.24) is 10.2 Å². The van der Waals surface area contributed by atoms with Crippen molar-refractivity contribution in [3.05, 3.63) is 35.4 Å². The highest BCUT2D eigenvalue weighted by Crippen LogP contribution is 2.38. The number of hydrogen-bond acceptors (Lipinski definition) is 5. The van der Waals surface area contributed by atoms with E-state index in [0.717, 1.165) is 6.07 Å². The zero-order chi connectivity index (χ0) is 18.1. The number of aromatic nitrogens is 2. The van der Waals surface area contributed by atoms with E-state index in [9.17, 15) is 18.3 Å². The summed E-state index contributed by atoms with van der Waals surface area (Å²) in [5.74, 6) is 0.00163. The van der Waals surface area contributed by atoms with Gasteiger partial charge >= 0.3 is 6.18 Å². The molecule has 0 atom stereocenters. The second-order valence-corrected chi connectivity index (χ2v) is 6.33. The average Bonchev–Trinajstić information content (AvgIpc) is 2.44. The van der Waals surface area contributed by atoms with Crippen LogP contribution >= 0.6 is 0 Å². The smallest absolute Gasteiger partial charge is 0.416 e. The number of anilines is 1. The van der Waals surface area contributed by atoms with Gasteiger partial charge in [-0.25, -0.2) is 0 Å². The van der Waals surface area contributed by atoms with Gasteiger partial charge < -0.3 is 16.2 Å². The lowest BCUT2D eigenvalue weighted by atomic mass is 10.0. The number of nitrogens with zero attached hydrogens (tertiary/aromatic N) is 2. The molecular formula is C16H19F3N4O. The Morgan fingerprint density at radius 2 is 1.83 bits per heavy atom. The largest absolute Gasteiger partial charge is 0.507 e. The maximum atomic E-state index is 12.8. The minimum absolute atomic E-state index is 0.223. The van der Waals surface area contributed by atoms with Gasteiger partial charge in [-0.15, -0.1) is 10.2 Å². The minimum atomic E-state index is -4.52. The van der Waals surface area contributed by atoms with Crippen molar-refractivity contribution in [3.63, 3.8) is 0 Å². The number of phenols is 1. The lowest BCUT2D eigenvalue weighted by molar-refractivity contribution is -0.137. The summed E-state index contributed by atoms with van der Waals surface area (Å²) in [6, 6.07) is 4.87. The number of aromatic hydroxyl groups is 1. The molecule has 0 bridgehead atoms. The fourth-order valence-electron chi connectivity index (χ4n) is 2.14. The van der Waals surface area contributed by atoms with Gasteiger partial charge in [0.25, 0.3) is 0 Å². The van der Waals surface area contributed by atoms with Gasteiger partial charge in [-0.3, -0.25) is 0 Å². The van der Waals surface area contributed by atoms with Crippen LogP contribution in [-0.2, 0) is 6.18 Å². The third-order valence-electron chi connectivity index (χ3n) is 3.29. The molecule has 8 heteroatoms. The molecule has 0 fully saturated rings. The van der Waals surface area contributed by atoms with Gasteiger partial charge in [0.15, 0.2) is 0 Å². The van der Waals surface area contributed by atoms with Crippen LogP contribution in [0, 0.1) is 6.92 Å². The highest BCUT2D eigenvalue weighted by Gasteiger charge is 2.32. The number of rotatable bonds is 4. The normalized spacial score (nSPS) is 12.3. The van der Waals surface area contributed by atoms with Crippen molar-refractivity contribution in [2.24, 2.45) is 5.73 Å². The standard InChI is InChI=1S/C16H19F3N4O/c1-9-6-10(16(17,18)19)7-12(24)14(9)11-4-5-13(23-22-11)21-8-15(2,3)20/h4-7,24H,8,20H2,1-3H3,(H,21,23). The number of alkyl halides is 3. The Hall–Kier alpha value is -2.35. The predicted octanol–water partition coefficient (Wildman–Crippen LogP) is 3.33. The average molecular weight is 340 g/mol. The van der Waals surface area contributed by atoms with E-state index in [4.69, 9.17) is 5.73 Å². The Labute approximate surface area is 137 Å². The Kier molecular flexibility index (Phi) is 4.70. The van der Waals surface area contributed by atoms with Gasteiger partial charge in [-0.2, -0.15) is 13.2 Å². The molecule has 0 radical (unpaired) electrons. The first-order valence-electron chi connectivity index (χ1n) is 7.25. The van der Waals surface area contributed by atoms with Crippen molar-refractivity contribution in [3.8, 4) is 17.0 Å². The molecule has 2 rings (SSSR count). The highest BCUT2D eigenvalue weighted by molar-refractivity contribution is 5.71. The first-order valence-corrected chi connectivity index (χ1v) is 7.25. The minimum Gasteiger partial charge on any atom is -0.507 e. The van der Waals surface area contributed by atoms with Crippen molar-refractivity contribution in [2.75, 3.05) is 11.9 Å². The van der Waals surface area contributed by atoms with Crippen LogP contribution in [0.25, 0.3) is 11.3 Å². The monoisotopic (exact) mass is 340 g/mol. The van der Waals surface area contributed by atoms with Crippen LogP contribution in [0.2, 0.25) is 0 Å². The van der Waals surface area contributed by atoms with Crippen LogP contribution in [0.3, 0.4) is 0 Å². The third kappa shape index (κ3) is 4.35. The molecule has 1 heterocycles. The SMILES string of the molecule is Cc1cc(C(F)(F)F)cc(O)c1-c1ccc(NCC(C)(C)N)nn1. The Morgan fingerprint density at radius 1 is 1.17 bits per heavy atom. The van der Waals surface area contributed by atoms with Gasteiger partial charge in [-0.05, 0) is 50.6 Å². The molecule has 0 aliphatic heterocycles. The van der Waals surface area contributed by atoms with Gasteiger partial charge in [0, 0.05) is 17.6 Å². The molecule has 24 heavy (non-hydrogen) atoms. The van der Waals surface area contributed by atoms with Crippen molar-refractivity contribution in [2.45, 2.75) is 32.5 Å². The molecule has 0 saturated heterocycles. The summed E-state index contributed by atoms with van der Waals surface area (Å²) in [6.45, 7) is 5.66. The number of halogens is 3. The van der Waals surface area contributed by atoms with Gasteiger partial charge in [0.2, 0.25) is 0 Å². The van der Waals surface area contributed by atoms with Crippen LogP contribution in [0.5, 0.6) is 5.75 Å². The van der Waals surface area contributed by atoms with Crippen molar-refractivity contribution in [1.29, 1.82) is 0 Å². The molecule has 0 unspecified atom stereocenters. The molecule has 2 aromatic rings. The Morgan fingerprint density at radius 3 is 2.29 bits per heavy atom. The predicted molar refractivity (Wildman–Crippen MR) is 85.6 cm³/mol. The summed E-state index contributed by atoms with van der Waals surface area (Å²) in [5.41, 5.74) is 5.30. The number of nitrogens with one attached hydrogen (secondary N) is 1. The Balaban J connectivity index is 2.29. The summed E-state index contributed by atoms with van der Waals surface area (Å²) in [5, 5.41) is 20.9. The Bertz CT molecular complexity index is 699. The van der Waals surface area contributed by atoms with Gasteiger partial charge in [-0.1, -0.05) is 0 Å². The van der Waals surface area contributed by atoms with Crippen molar-refractivity contribution < 1.29 is 18.3 Å². The summed E-state index contributed by atoms with van der Waals surface area (Å²) >= 11 is 0. The zero-order valence-electron chi connectivity index (χ0n) is 13.6. The molecule has 1 aromatic heterocycles. The topological polar surface area (TPSA) is 84.1 Å². The number of phenolic OH excluding ortho intramolecular Hbond substituents is 1. The first-order chi connectivity index (χ1) is 11.0. The molecule has 4 N–H and O–H groups in total. The molecule has 1 aromatic carbocycles. The van der Waals surface area contributed by atoms with E-state index >= 15 is 0 Å². The molecule has 0 aliphatic carbocycles. The quantitative estimate of drug-likeness (QED) is 0.795. The van der Waals surface area contributed by atoms with E-state index < -0.39 is 23.0 Å². The molecule has 5 nitrogen and oxygen atoms in total. The summed E-state index contributed by atoms with van der Waals surface area (Å²) < 4.78 is 38.3. The molecule has 0 aliphatic rings. The number of aryl methyl sites for hydroxylation is 1. The molecule has 0 amide bonds. The maximum Gasteiger partial charge on any atom is 0.416 e. The molecule has 0 spiro atoms. The summed E-state index contributed by atoms with van der Waals surface area (Å²) in [4.78, 5) is 0. The van der Waals surface area contributed by atoms with Crippen molar-refractivity contribution >= 4 is 5.82 Å². The van der Waals surface area contributed by atoms with E-state index in [1.54, 1.807) is 12.1 Å². The van der Waals surface area contributed by atoms with Gasteiger partial charge in [0.05, 0.1) is 11.3 Å². The van der Waals surface area contributed by atoms with Crippen LogP contribution in [0.4, 0.5) is 19.0 Å². The van der Waals surface area contributed by atoms with E-state index in [1.165, 1.54) is 6.92 Å². The number of benzene rings is 1. The molecule has 130 valence electrons. The van der Waals surface area contributed by atoms with Crippen LogP contribution < -0.4 is 11.1 Å². The third-order valence-corrected chi connectivity index (χ3v) is 3.29. The maximum absolute atomic E-state index is 12.8. The highest BCUT2D eigenvalue weighted by atomic mass is 19.4. The van der Waals surface area contributed by atoms with Crippen LogP contribution in [0.15, 0.2) is 24.3 Å². The van der Waals surface area contributed by atoms with E-state index in [1.807, 2.05) is 13.8 Å².